The Kier molecular flexibility index (Phi) is 2.44. The smallest absolute Gasteiger partial charge is 0.183 e. The van der Waals surface area contributed by atoms with Crippen molar-refractivity contribution in [1.29, 1.82) is 0 Å². The Bertz CT molecular complexity index is 531. The van der Waals surface area contributed by atoms with Gasteiger partial charge < -0.3 is 0 Å². The molecule has 0 saturated carbocycles. The SMILES string of the molecule is CC1=CC2C3=C(C(=O)C=CC3=O)C1CC2C(C)C. The zero-order valence-corrected chi connectivity index (χ0v) is 11.1. The fourth-order valence-corrected chi connectivity index (χ4v) is 3.76. The molecule has 94 valence electrons. The van der Waals surface area contributed by atoms with Crippen molar-refractivity contribution in [2.24, 2.45) is 23.7 Å². The third-order valence-corrected chi connectivity index (χ3v) is 4.71. The van der Waals surface area contributed by atoms with Crippen LogP contribution >= 0.6 is 0 Å². The van der Waals surface area contributed by atoms with Crippen LogP contribution in [0.4, 0.5) is 0 Å². The summed E-state index contributed by atoms with van der Waals surface area (Å²) in [4.78, 5) is 24.2. The molecule has 0 N–H and O–H groups in total. The van der Waals surface area contributed by atoms with E-state index < -0.39 is 0 Å². The largest absolute Gasteiger partial charge is 0.290 e. The molecule has 18 heavy (non-hydrogen) atoms. The number of hydrogen-bond acceptors (Lipinski definition) is 2. The van der Waals surface area contributed by atoms with Gasteiger partial charge in [-0.05, 0) is 37.3 Å². The van der Waals surface area contributed by atoms with Crippen molar-refractivity contribution in [3.8, 4) is 0 Å². The van der Waals surface area contributed by atoms with E-state index in [1.165, 1.54) is 17.7 Å². The number of ketones is 2. The molecule has 0 heterocycles. The minimum Gasteiger partial charge on any atom is -0.290 e. The van der Waals surface area contributed by atoms with E-state index in [1.807, 2.05) is 0 Å². The van der Waals surface area contributed by atoms with Crippen LogP contribution < -0.4 is 0 Å². The first-order valence-corrected chi connectivity index (χ1v) is 6.69. The van der Waals surface area contributed by atoms with Crippen molar-refractivity contribution in [3.05, 3.63) is 34.9 Å². The summed E-state index contributed by atoms with van der Waals surface area (Å²) < 4.78 is 0. The number of fused-ring (bicyclic) bond motifs is 1. The quantitative estimate of drug-likeness (QED) is 0.523. The second-order valence-corrected chi connectivity index (χ2v) is 6.02. The standard InChI is InChI=1S/C16H18O2/c1-8(2)10-7-11-9(3)6-12(10)16-14(18)5-4-13(17)15(11)16/h4-6,8,10-12H,7H2,1-3H3. The summed E-state index contributed by atoms with van der Waals surface area (Å²) in [6.45, 7) is 6.51. The average molecular weight is 242 g/mol. The molecule has 4 aliphatic carbocycles. The molecule has 0 spiro atoms. The van der Waals surface area contributed by atoms with Crippen molar-refractivity contribution < 1.29 is 9.59 Å². The van der Waals surface area contributed by atoms with Gasteiger partial charge in [0.2, 0.25) is 0 Å². The van der Waals surface area contributed by atoms with Crippen LogP contribution in [-0.2, 0) is 9.59 Å². The number of allylic oxidation sites excluding steroid dienone is 6. The topological polar surface area (TPSA) is 34.1 Å². The molecule has 2 heteroatoms. The molecule has 4 rings (SSSR count). The maximum Gasteiger partial charge on any atom is 0.183 e. The summed E-state index contributed by atoms with van der Waals surface area (Å²) in [5.41, 5.74) is 2.86. The van der Waals surface area contributed by atoms with Crippen LogP contribution in [0.3, 0.4) is 0 Å². The van der Waals surface area contributed by atoms with Gasteiger partial charge >= 0.3 is 0 Å². The number of carbonyl (C=O) groups excluding carboxylic acids is 2. The molecule has 0 aromatic heterocycles. The van der Waals surface area contributed by atoms with E-state index >= 15 is 0 Å². The van der Waals surface area contributed by atoms with Gasteiger partial charge in [0.1, 0.15) is 0 Å². The molecule has 2 bridgehead atoms. The molecule has 2 nitrogen and oxygen atoms in total. The van der Waals surface area contributed by atoms with Crippen LogP contribution in [0.25, 0.3) is 0 Å². The van der Waals surface area contributed by atoms with Gasteiger partial charge in [-0.1, -0.05) is 25.5 Å². The van der Waals surface area contributed by atoms with E-state index in [0.29, 0.717) is 11.8 Å². The maximum absolute atomic E-state index is 12.1. The van der Waals surface area contributed by atoms with Gasteiger partial charge in [-0.3, -0.25) is 9.59 Å². The number of hydrogen-bond donors (Lipinski definition) is 0. The molecule has 0 fully saturated rings. The van der Waals surface area contributed by atoms with Gasteiger partial charge in [-0.2, -0.15) is 0 Å². The molecule has 4 aliphatic rings. The zero-order chi connectivity index (χ0) is 13.0. The fraction of sp³-hybridized carbons (Fsp3) is 0.500. The molecule has 3 atom stereocenters. The molecule has 0 aromatic rings. The van der Waals surface area contributed by atoms with Crippen LogP contribution in [-0.4, -0.2) is 11.6 Å². The minimum atomic E-state index is 0.0497. The molecule has 0 amide bonds. The van der Waals surface area contributed by atoms with E-state index in [2.05, 4.69) is 26.8 Å². The summed E-state index contributed by atoms with van der Waals surface area (Å²) in [7, 11) is 0. The van der Waals surface area contributed by atoms with Crippen molar-refractivity contribution >= 4 is 11.6 Å². The predicted octanol–water partition coefficient (Wildman–Crippen LogP) is 2.86. The first-order chi connectivity index (χ1) is 8.50. The highest BCUT2D eigenvalue weighted by Crippen LogP contribution is 2.51. The van der Waals surface area contributed by atoms with E-state index in [0.717, 1.165) is 17.6 Å². The van der Waals surface area contributed by atoms with Gasteiger partial charge in [-0.25, -0.2) is 0 Å². The van der Waals surface area contributed by atoms with E-state index in [1.54, 1.807) is 0 Å². The lowest BCUT2D eigenvalue weighted by Crippen LogP contribution is -2.40. The van der Waals surface area contributed by atoms with E-state index in [9.17, 15) is 9.59 Å². The number of carbonyl (C=O) groups is 2. The lowest BCUT2D eigenvalue weighted by molar-refractivity contribution is -0.116. The summed E-state index contributed by atoms with van der Waals surface area (Å²) in [6, 6.07) is 0. The third-order valence-electron chi connectivity index (χ3n) is 4.71. The van der Waals surface area contributed by atoms with E-state index in [4.69, 9.17) is 0 Å². The maximum atomic E-state index is 12.1. The molecular formula is C16H18O2. The molecule has 0 radical (unpaired) electrons. The van der Waals surface area contributed by atoms with Crippen molar-refractivity contribution in [1.82, 2.24) is 0 Å². The fourth-order valence-electron chi connectivity index (χ4n) is 3.76. The summed E-state index contributed by atoms with van der Waals surface area (Å²) in [6.07, 6.45) is 6.14. The first-order valence-electron chi connectivity index (χ1n) is 6.69. The van der Waals surface area contributed by atoms with Crippen LogP contribution in [0.5, 0.6) is 0 Å². The lowest BCUT2D eigenvalue weighted by atomic mass is 9.58. The van der Waals surface area contributed by atoms with Gasteiger partial charge in [-0.15, -0.1) is 0 Å². The highest BCUT2D eigenvalue weighted by Gasteiger charge is 2.46. The summed E-state index contributed by atoms with van der Waals surface area (Å²) in [5.74, 6) is 1.48. The summed E-state index contributed by atoms with van der Waals surface area (Å²) in [5, 5.41) is 0. The van der Waals surface area contributed by atoms with Gasteiger partial charge in [0.05, 0.1) is 0 Å². The molecule has 0 aromatic carbocycles. The van der Waals surface area contributed by atoms with Crippen LogP contribution in [0.15, 0.2) is 34.9 Å². The highest BCUT2D eigenvalue weighted by atomic mass is 16.1. The highest BCUT2D eigenvalue weighted by molar-refractivity contribution is 6.21. The normalized spacial score (nSPS) is 34.2. The Hall–Kier alpha value is -1.44. The Labute approximate surface area is 107 Å². The second kappa shape index (κ2) is 3.78. The monoisotopic (exact) mass is 242 g/mol. The lowest BCUT2D eigenvalue weighted by Gasteiger charge is -2.45. The molecular weight excluding hydrogens is 224 g/mol. The molecule has 0 saturated heterocycles. The van der Waals surface area contributed by atoms with Gasteiger partial charge in [0.15, 0.2) is 11.6 Å². The summed E-state index contributed by atoms with van der Waals surface area (Å²) >= 11 is 0. The molecule has 0 aliphatic heterocycles. The minimum absolute atomic E-state index is 0.0497. The van der Waals surface area contributed by atoms with Crippen molar-refractivity contribution in [2.45, 2.75) is 27.2 Å². The van der Waals surface area contributed by atoms with Crippen LogP contribution in [0, 0.1) is 23.7 Å². The van der Waals surface area contributed by atoms with Crippen molar-refractivity contribution in [2.75, 3.05) is 0 Å². The Morgan fingerprint density at radius 1 is 1.11 bits per heavy atom. The van der Waals surface area contributed by atoms with Crippen LogP contribution in [0.1, 0.15) is 27.2 Å². The van der Waals surface area contributed by atoms with Crippen LogP contribution in [0.2, 0.25) is 0 Å². The average Bonchev–Trinajstić information content (AvgIpc) is 2.33. The first kappa shape index (κ1) is 11.6. The van der Waals surface area contributed by atoms with Crippen molar-refractivity contribution in [3.63, 3.8) is 0 Å². The van der Waals surface area contributed by atoms with E-state index in [-0.39, 0.29) is 23.4 Å². The Balaban J connectivity index is 2.14. The third kappa shape index (κ3) is 1.41. The van der Waals surface area contributed by atoms with Gasteiger partial charge in [0.25, 0.3) is 0 Å². The molecule has 3 unspecified atom stereocenters. The Morgan fingerprint density at radius 2 is 1.72 bits per heavy atom. The predicted molar refractivity (Wildman–Crippen MR) is 69.9 cm³/mol. The zero-order valence-electron chi connectivity index (χ0n) is 11.1. The van der Waals surface area contributed by atoms with Gasteiger partial charge in [0, 0.05) is 23.0 Å². The number of rotatable bonds is 1. The Morgan fingerprint density at radius 3 is 2.33 bits per heavy atom. The second-order valence-electron chi connectivity index (χ2n) is 6.02.